The van der Waals surface area contributed by atoms with Crippen LogP contribution in [0.15, 0.2) is 23.1 Å². The van der Waals surface area contributed by atoms with E-state index in [9.17, 15) is 17.2 Å². The van der Waals surface area contributed by atoms with Gasteiger partial charge in [-0.1, -0.05) is 19.1 Å². The quantitative estimate of drug-likeness (QED) is 0.803. The molecule has 0 aliphatic carbocycles. The van der Waals surface area contributed by atoms with E-state index in [1.54, 1.807) is 13.0 Å². The lowest BCUT2D eigenvalue weighted by Crippen LogP contribution is -2.29. The van der Waals surface area contributed by atoms with E-state index in [4.69, 9.17) is 0 Å². The van der Waals surface area contributed by atoms with Crippen molar-refractivity contribution >= 4 is 10.0 Å². The predicted molar refractivity (Wildman–Crippen MR) is 69.8 cm³/mol. The largest absolute Gasteiger partial charge is 0.313 e. The van der Waals surface area contributed by atoms with Crippen LogP contribution in [0.2, 0.25) is 0 Å². The highest BCUT2D eigenvalue weighted by Crippen LogP contribution is 2.17. The summed E-state index contributed by atoms with van der Waals surface area (Å²) in [5.74, 6) is 0. The molecule has 0 bridgehead atoms. The van der Waals surface area contributed by atoms with E-state index < -0.39 is 23.0 Å². The normalized spacial score (nSPS) is 12.1. The molecule has 0 aromatic heterocycles. The summed E-state index contributed by atoms with van der Waals surface area (Å²) in [5.41, 5.74) is 1.33. The minimum Gasteiger partial charge on any atom is -0.313 e. The van der Waals surface area contributed by atoms with Gasteiger partial charge >= 0.3 is 0 Å². The first kappa shape index (κ1) is 16.0. The van der Waals surface area contributed by atoms with Crippen LogP contribution in [0.1, 0.15) is 18.1 Å². The van der Waals surface area contributed by atoms with E-state index in [2.05, 4.69) is 5.32 Å². The van der Waals surface area contributed by atoms with Gasteiger partial charge in [0.15, 0.2) is 0 Å². The molecule has 19 heavy (non-hydrogen) atoms. The van der Waals surface area contributed by atoms with E-state index in [0.717, 1.165) is 12.1 Å². The molecule has 1 rings (SSSR count). The van der Waals surface area contributed by atoms with Crippen molar-refractivity contribution in [2.45, 2.75) is 31.7 Å². The van der Waals surface area contributed by atoms with Crippen molar-refractivity contribution in [3.63, 3.8) is 0 Å². The first-order valence-electron chi connectivity index (χ1n) is 5.95. The molecule has 4 nitrogen and oxygen atoms in total. The molecule has 0 spiro atoms. The molecule has 0 saturated carbocycles. The van der Waals surface area contributed by atoms with Crippen molar-refractivity contribution in [2.24, 2.45) is 0 Å². The Morgan fingerprint density at radius 2 is 2.00 bits per heavy atom. The summed E-state index contributed by atoms with van der Waals surface area (Å²) in [5, 5.41) is 3.08. The molecule has 7 heteroatoms. The van der Waals surface area contributed by atoms with Crippen LogP contribution in [0.25, 0.3) is 0 Å². The third kappa shape index (κ3) is 4.85. The Hall–Kier alpha value is -1.05. The summed E-state index contributed by atoms with van der Waals surface area (Å²) in [7, 11) is -3.89. The molecular weight excluding hydrogens is 274 g/mol. The topological polar surface area (TPSA) is 58.2 Å². The number of nitrogens with one attached hydrogen (secondary N) is 2. The van der Waals surface area contributed by atoms with Crippen molar-refractivity contribution in [2.75, 3.05) is 13.1 Å². The number of rotatable bonds is 7. The van der Waals surface area contributed by atoms with Gasteiger partial charge < -0.3 is 5.32 Å². The summed E-state index contributed by atoms with van der Waals surface area (Å²) in [4.78, 5) is 0.0450. The molecule has 0 fully saturated rings. The number of benzene rings is 1. The van der Waals surface area contributed by atoms with E-state index in [-0.39, 0.29) is 4.90 Å². The Morgan fingerprint density at radius 1 is 1.32 bits per heavy atom. The van der Waals surface area contributed by atoms with Crippen molar-refractivity contribution in [3.05, 3.63) is 29.3 Å². The van der Waals surface area contributed by atoms with Crippen LogP contribution < -0.4 is 10.0 Å². The van der Waals surface area contributed by atoms with Gasteiger partial charge in [0.1, 0.15) is 0 Å². The number of hydrogen-bond donors (Lipinski definition) is 2. The molecule has 0 unspecified atom stereocenters. The van der Waals surface area contributed by atoms with E-state index in [1.165, 1.54) is 6.07 Å². The van der Waals surface area contributed by atoms with Gasteiger partial charge in [0.2, 0.25) is 10.0 Å². The molecule has 0 aliphatic heterocycles. The molecule has 0 heterocycles. The second-order valence-electron chi connectivity index (χ2n) is 4.12. The molecule has 108 valence electrons. The van der Waals surface area contributed by atoms with Crippen LogP contribution in [-0.4, -0.2) is 27.9 Å². The molecule has 0 saturated heterocycles. The number of halogens is 2. The van der Waals surface area contributed by atoms with Crippen LogP contribution in [0.3, 0.4) is 0 Å². The van der Waals surface area contributed by atoms with Gasteiger partial charge in [-0.15, -0.1) is 0 Å². The second-order valence-corrected chi connectivity index (χ2v) is 5.86. The average Bonchev–Trinajstić information content (AvgIpc) is 2.35. The third-order valence-electron chi connectivity index (χ3n) is 2.55. The fourth-order valence-corrected chi connectivity index (χ4v) is 2.86. The van der Waals surface area contributed by atoms with Crippen molar-refractivity contribution in [1.82, 2.24) is 10.0 Å². The van der Waals surface area contributed by atoms with Gasteiger partial charge in [0.05, 0.1) is 11.4 Å². The highest BCUT2D eigenvalue weighted by Gasteiger charge is 2.18. The molecule has 0 radical (unpaired) electrons. The first-order chi connectivity index (χ1) is 8.86. The number of alkyl halides is 2. The summed E-state index contributed by atoms with van der Waals surface area (Å²) in [6, 6.07) is 4.99. The zero-order chi connectivity index (χ0) is 14.5. The fraction of sp³-hybridized carbons (Fsp3) is 0.500. The van der Waals surface area contributed by atoms with Gasteiger partial charge in [0, 0.05) is 6.54 Å². The van der Waals surface area contributed by atoms with E-state index in [1.807, 2.05) is 17.7 Å². The minimum atomic E-state index is -3.89. The maximum Gasteiger partial charge on any atom is 0.251 e. The summed E-state index contributed by atoms with van der Waals surface area (Å²) in [6.45, 7) is 4.00. The average molecular weight is 292 g/mol. The lowest BCUT2D eigenvalue weighted by molar-refractivity contribution is 0.153. The Bertz CT molecular complexity index is 518. The van der Waals surface area contributed by atoms with Gasteiger partial charge in [-0.3, -0.25) is 0 Å². The maximum absolute atomic E-state index is 12.1. The van der Waals surface area contributed by atoms with E-state index >= 15 is 0 Å². The highest BCUT2D eigenvalue weighted by atomic mass is 32.2. The summed E-state index contributed by atoms with van der Waals surface area (Å²) in [6.07, 6.45) is -2.71. The predicted octanol–water partition coefficient (Wildman–Crippen LogP) is 1.65. The fourth-order valence-electron chi connectivity index (χ4n) is 1.56. The third-order valence-corrected chi connectivity index (χ3v) is 4.11. The standard InChI is InChI=1S/C12H18F2N2O2S/c1-3-15-7-10-5-4-9(2)11(6-10)19(17,18)16-8-12(13)14/h4-6,12,15-16H,3,7-8H2,1-2H3. The lowest BCUT2D eigenvalue weighted by atomic mass is 10.1. The first-order valence-corrected chi connectivity index (χ1v) is 7.43. The molecule has 0 aliphatic rings. The smallest absolute Gasteiger partial charge is 0.251 e. The number of hydrogen-bond acceptors (Lipinski definition) is 3. The zero-order valence-corrected chi connectivity index (χ0v) is 11.7. The maximum atomic E-state index is 12.1. The molecule has 0 amide bonds. The summed E-state index contributed by atoms with van der Waals surface area (Å²) >= 11 is 0. The Balaban J connectivity index is 2.97. The van der Waals surface area contributed by atoms with Gasteiger partial charge in [-0.2, -0.15) is 0 Å². The lowest BCUT2D eigenvalue weighted by Gasteiger charge is -2.11. The van der Waals surface area contributed by atoms with Crippen molar-refractivity contribution in [1.29, 1.82) is 0 Å². The van der Waals surface area contributed by atoms with Crippen LogP contribution in [0, 0.1) is 6.92 Å². The Labute approximate surface area is 112 Å². The van der Waals surface area contributed by atoms with Gasteiger partial charge in [-0.05, 0) is 30.7 Å². The zero-order valence-electron chi connectivity index (χ0n) is 10.9. The number of sulfonamides is 1. The monoisotopic (exact) mass is 292 g/mol. The van der Waals surface area contributed by atoms with Crippen molar-refractivity contribution < 1.29 is 17.2 Å². The summed E-state index contributed by atoms with van der Waals surface area (Å²) < 4.78 is 49.9. The Morgan fingerprint density at radius 3 is 2.58 bits per heavy atom. The molecule has 0 atom stereocenters. The van der Waals surface area contributed by atoms with Crippen LogP contribution in [0.5, 0.6) is 0 Å². The van der Waals surface area contributed by atoms with Gasteiger partial charge in [-0.25, -0.2) is 21.9 Å². The van der Waals surface area contributed by atoms with Crippen molar-refractivity contribution in [3.8, 4) is 0 Å². The van der Waals surface area contributed by atoms with E-state index in [0.29, 0.717) is 12.1 Å². The molecule has 1 aromatic rings. The molecular formula is C12H18F2N2O2S. The van der Waals surface area contributed by atoms with Crippen LogP contribution in [0.4, 0.5) is 8.78 Å². The van der Waals surface area contributed by atoms with Gasteiger partial charge in [0.25, 0.3) is 6.43 Å². The SMILES string of the molecule is CCNCc1ccc(C)c(S(=O)(=O)NCC(F)F)c1. The number of aryl methyl sites for hydroxylation is 1. The Kier molecular flexibility index (Phi) is 5.84. The minimum absolute atomic E-state index is 0.0450. The van der Waals surface area contributed by atoms with Crippen LogP contribution >= 0.6 is 0 Å². The van der Waals surface area contributed by atoms with Crippen LogP contribution in [-0.2, 0) is 16.6 Å². The second kappa shape index (κ2) is 6.93. The molecule has 1 aromatic carbocycles. The molecule has 2 N–H and O–H groups in total. The highest BCUT2D eigenvalue weighted by molar-refractivity contribution is 7.89.